The van der Waals surface area contributed by atoms with Crippen LogP contribution in [0.15, 0.2) is 48.3 Å². The van der Waals surface area contributed by atoms with Crippen molar-refractivity contribution >= 4 is 23.3 Å². The Balaban J connectivity index is 1.36. The highest BCUT2D eigenvalue weighted by Crippen LogP contribution is 2.68. The van der Waals surface area contributed by atoms with Gasteiger partial charge < -0.3 is 14.9 Å². The topological polar surface area (TPSA) is 126 Å². The summed E-state index contributed by atoms with van der Waals surface area (Å²) in [6.45, 7) is 5.31. The summed E-state index contributed by atoms with van der Waals surface area (Å²) in [4.78, 5) is 41.7. The number of hydrogen-bond acceptors (Lipinski definition) is 7. The quantitative estimate of drug-likeness (QED) is 0.585. The lowest BCUT2D eigenvalue weighted by Crippen LogP contribution is -2.62. The van der Waals surface area contributed by atoms with Crippen LogP contribution >= 0.6 is 0 Å². The van der Waals surface area contributed by atoms with E-state index in [0.717, 1.165) is 18.4 Å². The number of aliphatic hydroxyl groups is 2. The average molecular weight is 495 g/mol. The number of carbonyl (C=O) groups is 3. The Kier molecular flexibility index (Phi) is 5.95. The van der Waals surface area contributed by atoms with E-state index < -0.39 is 41.0 Å². The van der Waals surface area contributed by atoms with Gasteiger partial charge in [0, 0.05) is 22.9 Å². The van der Waals surface area contributed by atoms with Gasteiger partial charge in [0.1, 0.15) is 5.60 Å². The maximum absolute atomic E-state index is 13.5. The van der Waals surface area contributed by atoms with Crippen LogP contribution in [0.4, 0.5) is 10.5 Å². The number of rotatable bonds is 4. The second-order valence-electron chi connectivity index (χ2n) is 11.5. The molecule has 0 saturated heterocycles. The summed E-state index contributed by atoms with van der Waals surface area (Å²) in [5, 5.41) is 26.0. The van der Waals surface area contributed by atoms with Crippen LogP contribution in [0.2, 0.25) is 0 Å². The molecule has 3 fully saturated rings. The highest BCUT2D eigenvalue weighted by Gasteiger charge is 2.70. The molecule has 3 N–H and O–H groups in total. The molecule has 1 heterocycles. The number of aromatic nitrogens is 1. The van der Waals surface area contributed by atoms with Crippen molar-refractivity contribution in [3.63, 3.8) is 0 Å². The lowest BCUT2D eigenvalue weighted by atomic mass is 9.46. The van der Waals surface area contributed by atoms with Crippen LogP contribution in [0.5, 0.6) is 0 Å². The van der Waals surface area contributed by atoms with Crippen LogP contribution in [0.25, 0.3) is 0 Å². The van der Waals surface area contributed by atoms with E-state index in [9.17, 15) is 24.6 Å². The van der Waals surface area contributed by atoms with Crippen LogP contribution < -0.4 is 5.32 Å². The first-order valence-corrected chi connectivity index (χ1v) is 12.7. The molecule has 3 saturated carbocycles. The van der Waals surface area contributed by atoms with Gasteiger partial charge in [0.05, 0.1) is 18.0 Å². The summed E-state index contributed by atoms with van der Waals surface area (Å²) >= 11 is 0. The fourth-order valence-corrected chi connectivity index (χ4v) is 8.09. The molecule has 0 aromatic carbocycles. The predicted octanol–water partition coefficient (Wildman–Crippen LogP) is 3.46. The second-order valence-corrected chi connectivity index (χ2v) is 11.5. The normalized spacial score (nSPS) is 41.0. The summed E-state index contributed by atoms with van der Waals surface area (Å²) in [5.74, 6) is -0.896. The molecule has 0 spiro atoms. The average Bonchev–Trinajstić information content (AvgIpc) is 3.04. The lowest BCUT2D eigenvalue weighted by molar-refractivity contribution is -0.183. The molecule has 0 aliphatic heterocycles. The summed E-state index contributed by atoms with van der Waals surface area (Å²) in [5.41, 5.74) is -1.51. The predicted molar refractivity (Wildman–Crippen MR) is 132 cm³/mol. The largest absolute Gasteiger partial charge is 0.441 e. The third-order valence-electron chi connectivity index (χ3n) is 9.74. The zero-order valence-corrected chi connectivity index (χ0v) is 20.9. The Hall–Kier alpha value is -2.84. The first kappa shape index (κ1) is 24.8. The van der Waals surface area contributed by atoms with Crippen LogP contribution in [-0.4, -0.2) is 51.2 Å². The van der Waals surface area contributed by atoms with E-state index in [2.05, 4.69) is 17.2 Å². The molecule has 8 nitrogen and oxygen atoms in total. The summed E-state index contributed by atoms with van der Waals surface area (Å²) in [7, 11) is 0. The van der Waals surface area contributed by atoms with E-state index in [0.29, 0.717) is 12.1 Å². The van der Waals surface area contributed by atoms with Crippen LogP contribution in [0.3, 0.4) is 0 Å². The van der Waals surface area contributed by atoms with E-state index in [1.807, 2.05) is 19.9 Å². The van der Waals surface area contributed by atoms with E-state index in [1.165, 1.54) is 6.20 Å². The molecule has 0 radical (unpaired) electrons. The minimum atomic E-state index is -1.73. The Morgan fingerprint density at radius 3 is 2.81 bits per heavy atom. The van der Waals surface area contributed by atoms with E-state index in [4.69, 9.17) is 4.74 Å². The number of aliphatic hydroxyl groups excluding tert-OH is 1. The molecule has 4 aliphatic carbocycles. The van der Waals surface area contributed by atoms with Gasteiger partial charge in [-0.25, -0.2) is 4.79 Å². The Bertz CT molecular complexity index is 1150. The number of nitrogens with one attached hydrogen (secondary N) is 1. The highest BCUT2D eigenvalue weighted by molar-refractivity contribution is 6.01. The molecule has 1 amide bonds. The van der Waals surface area contributed by atoms with Gasteiger partial charge in [0.2, 0.25) is 5.78 Å². The highest BCUT2D eigenvalue weighted by atomic mass is 16.6. The summed E-state index contributed by atoms with van der Waals surface area (Å²) in [6, 6.07) is 3.31. The summed E-state index contributed by atoms with van der Waals surface area (Å²) < 4.78 is 5.19. The van der Waals surface area contributed by atoms with E-state index in [1.54, 1.807) is 30.5 Å². The number of nitrogens with zero attached hydrogens (tertiary/aromatic N) is 1. The lowest BCUT2D eigenvalue weighted by Gasteiger charge is -2.59. The monoisotopic (exact) mass is 494 g/mol. The number of fused-ring (bicyclic) bond motifs is 5. The first-order valence-electron chi connectivity index (χ1n) is 12.7. The van der Waals surface area contributed by atoms with Crippen molar-refractivity contribution in [2.75, 3.05) is 11.9 Å². The van der Waals surface area contributed by atoms with Crippen LogP contribution in [0, 0.1) is 34.5 Å². The number of hydrogen-bond donors (Lipinski definition) is 3. The number of Topliss-reactive ketones (excluding diaryl/α,β-unsaturated/α-hetero) is 1. The molecule has 1 aromatic heterocycles. The minimum Gasteiger partial charge on any atom is -0.441 e. The van der Waals surface area contributed by atoms with Crippen molar-refractivity contribution in [3.05, 3.63) is 48.3 Å². The smallest absolute Gasteiger partial charge is 0.412 e. The fraction of sp³-hybridized carbons (Fsp3) is 0.571. The standard InChI is InChI=1S/C28H34N2O6/c1-16-11-21-20-7-6-17-12-19(31)8-9-26(17,2)24(20)22(32)13-27(21,3)28(16,35)23(33)15-36-25(34)30-18-5-4-10-29-14-18/h4-5,8-10,12,14,16,20-22,24,32,35H,6-7,11,13,15H2,1-3H3,(H,30,34)/t16-,20?,21?,22+,24?,26?,27?,28+/m1/s1. The zero-order chi connectivity index (χ0) is 25.9. The molecule has 8 heteroatoms. The maximum Gasteiger partial charge on any atom is 0.412 e. The number of carbonyl (C=O) groups excluding carboxylic acids is 3. The van der Waals surface area contributed by atoms with Gasteiger partial charge in [0.15, 0.2) is 12.4 Å². The molecule has 5 unspecified atom stereocenters. The minimum absolute atomic E-state index is 0.0157. The fourth-order valence-electron chi connectivity index (χ4n) is 8.09. The van der Waals surface area contributed by atoms with Gasteiger partial charge in [-0.1, -0.05) is 32.4 Å². The molecule has 5 rings (SSSR count). The van der Waals surface area contributed by atoms with Gasteiger partial charge in [-0.2, -0.15) is 0 Å². The van der Waals surface area contributed by atoms with Crippen molar-refractivity contribution in [3.8, 4) is 0 Å². The van der Waals surface area contributed by atoms with E-state index in [-0.39, 0.29) is 35.9 Å². The number of allylic oxidation sites excluding steroid dienone is 4. The number of pyridine rings is 1. The van der Waals surface area contributed by atoms with Gasteiger partial charge >= 0.3 is 6.09 Å². The molecular weight excluding hydrogens is 460 g/mol. The van der Waals surface area contributed by atoms with Gasteiger partial charge in [-0.3, -0.25) is 19.9 Å². The van der Waals surface area contributed by atoms with Crippen molar-refractivity contribution in [2.45, 2.75) is 58.2 Å². The van der Waals surface area contributed by atoms with Crippen LogP contribution in [0.1, 0.15) is 46.5 Å². The molecule has 8 atom stereocenters. The zero-order valence-electron chi connectivity index (χ0n) is 20.9. The van der Waals surface area contributed by atoms with Crippen LogP contribution in [-0.2, 0) is 14.3 Å². The van der Waals surface area contributed by atoms with Gasteiger partial charge in [-0.15, -0.1) is 0 Å². The van der Waals surface area contributed by atoms with Crippen molar-refractivity contribution < 1.29 is 29.3 Å². The Morgan fingerprint density at radius 2 is 2.08 bits per heavy atom. The number of ether oxygens (including phenoxy) is 1. The van der Waals surface area contributed by atoms with Crippen molar-refractivity contribution in [2.24, 2.45) is 34.5 Å². The second kappa shape index (κ2) is 8.63. The van der Waals surface area contributed by atoms with Crippen molar-refractivity contribution in [1.82, 2.24) is 4.98 Å². The molecule has 0 bridgehead atoms. The van der Waals surface area contributed by atoms with Gasteiger partial charge in [0.25, 0.3) is 0 Å². The number of anilines is 1. The SMILES string of the molecule is C[C@@H]1CC2C3CCC4=CC(=O)C=CC4(C)C3[C@@H](O)CC2(C)[C@@]1(O)C(=O)COC(=O)Nc1cccnc1. The third kappa shape index (κ3) is 3.57. The maximum atomic E-state index is 13.5. The van der Waals surface area contributed by atoms with Gasteiger partial charge in [-0.05, 0) is 67.7 Å². The first-order chi connectivity index (χ1) is 17.0. The molecule has 192 valence electrons. The molecule has 36 heavy (non-hydrogen) atoms. The molecule has 1 aromatic rings. The van der Waals surface area contributed by atoms with E-state index >= 15 is 0 Å². The Morgan fingerprint density at radius 1 is 1.31 bits per heavy atom. The third-order valence-corrected chi connectivity index (χ3v) is 9.74. The Labute approximate surface area is 210 Å². The molecule has 4 aliphatic rings. The van der Waals surface area contributed by atoms with Crippen molar-refractivity contribution in [1.29, 1.82) is 0 Å². The number of amides is 1. The molecular formula is C28H34N2O6. The summed E-state index contributed by atoms with van der Waals surface area (Å²) in [6.07, 6.45) is 9.20. The number of ketones is 2.